The second-order valence-electron chi connectivity index (χ2n) is 4.75. The maximum Gasteiger partial charge on any atom is 0.240 e. The van der Waals surface area contributed by atoms with Crippen LogP contribution in [0.2, 0.25) is 0 Å². The summed E-state index contributed by atoms with van der Waals surface area (Å²) in [6.45, 7) is 5.23. The van der Waals surface area contributed by atoms with Crippen LogP contribution in [0.4, 0.5) is 5.69 Å². The number of anilines is 1. The number of aryl methyl sites for hydroxylation is 2. The minimum atomic E-state index is -3.44. The van der Waals surface area contributed by atoms with Crippen molar-refractivity contribution >= 4 is 15.7 Å². The van der Waals surface area contributed by atoms with Crippen molar-refractivity contribution < 1.29 is 8.42 Å². The van der Waals surface area contributed by atoms with Crippen molar-refractivity contribution in [2.75, 3.05) is 12.4 Å². The smallest absolute Gasteiger partial charge is 0.240 e. The number of nitrogens with zero attached hydrogens (tertiary/aromatic N) is 2. The SMILES string of the molecule is CCn1cc(CNc2ccc(C)c(S(=O)(=O)NC)c2)cn1. The van der Waals surface area contributed by atoms with E-state index in [9.17, 15) is 8.42 Å². The van der Waals surface area contributed by atoms with E-state index in [0.29, 0.717) is 17.0 Å². The Bertz CT molecular complexity index is 722. The average Bonchev–Trinajstić information content (AvgIpc) is 2.94. The lowest BCUT2D eigenvalue weighted by molar-refractivity contribution is 0.587. The van der Waals surface area contributed by atoms with Gasteiger partial charge in [-0.15, -0.1) is 0 Å². The Balaban J connectivity index is 2.16. The van der Waals surface area contributed by atoms with Crippen LogP contribution in [0.25, 0.3) is 0 Å². The molecule has 21 heavy (non-hydrogen) atoms. The number of aromatic nitrogens is 2. The first-order valence-electron chi connectivity index (χ1n) is 6.75. The molecule has 0 atom stereocenters. The van der Waals surface area contributed by atoms with Gasteiger partial charge in [-0.1, -0.05) is 6.07 Å². The van der Waals surface area contributed by atoms with Gasteiger partial charge in [-0.2, -0.15) is 5.10 Å². The second kappa shape index (κ2) is 6.28. The van der Waals surface area contributed by atoms with E-state index < -0.39 is 10.0 Å². The molecule has 1 heterocycles. The predicted molar refractivity (Wildman–Crippen MR) is 82.7 cm³/mol. The molecule has 0 saturated carbocycles. The molecule has 0 bridgehead atoms. The van der Waals surface area contributed by atoms with Gasteiger partial charge in [0.15, 0.2) is 0 Å². The monoisotopic (exact) mass is 308 g/mol. The molecule has 0 amide bonds. The van der Waals surface area contributed by atoms with Crippen molar-refractivity contribution in [3.8, 4) is 0 Å². The summed E-state index contributed by atoms with van der Waals surface area (Å²) in [5.74, 6) is 0. The topological polar surface area (TPSA) is 76.0 Å². The molecule has 0 saturated heterocycles. The highest BCUT2D eigenvalue weighted by Gasteiger charge is 2.14. The molecule has 0 radical (unpaired) electrons. The van der Waals surface area contributed by atoms with Crippen molar-refractivity contribution in [1.82, 2.24) is 14.5 Å². The van der Waals surface area contributed by atoms with Crippen LogP contribution in [0.5, 0.6) is 0 Å². The average molecular weight is 308 g/mol. The number of hydrogen-bond donors (Lipinski definition) is 2. The minimum Gasteiger partial charge on any atom is -0.381 e. The van der Waals surface area contributed by atoms with Gasteiger partial charge in [0.05, 0.1) is 11.1 Å². The van der Waals surface area contributed by atoms with E-state index in [1.165, 1.54) is 7.05 Å². The fraction of sp³-hybridized carbons (Fsp3) is 0.357. The molecule has 114 valence electrons. The number of sulfonamides is 1. The molecule has 0 unspecified atom stereocenters. The molecule has 0 fully saturated rings. The molecule has 1 aromatic heterocycles. The lowest BCUT2D eigenvalue weighted by Gasteiger charge is -2.10. The lowest BCUT2D eigenvalue weighted by atomic mass is 10.2. The summed E-state index contributed by atoms with van der Waals surface area (Å²) in [5.41, 5.74) is 2.53. The number of nitrogens with one attached hydrogen (secondary N) is 2. The van der Waals surface area contributed by atoms with E-state index in [2.05, 4.69) is 15.1 Å². The van der Waals surface area contributed by atoms with Crippen molar-refractivity contribution in [2.45, 2.75) is 31.8 Å². The highest BCUT2D eigenvalue weighted by molar-refractivity contribution is 7.89. The quantitative estimate of drug-likeness (QED) is 0.852. The van der Waals surface area contributed by atoms with Gasteiger partial charge >= 0.3 is 0 Å². The zero-order valence-electron chi connectivity index (χ0n) is 12.4. The van der Waals surface area contributed by atoms with E-state index in [-0.39, 0.29) is 0 Å². The van der Waals surface area contributed by atoms with Crippen molar-refractivity contribution in [1.29, 1.82) is 0 Å². The third kappa shape index (κ3) is 3.62. The number of hydrogen-bond acceptors (Lipinski definition) is 4. The molecule has 2 aromatic rings. The second-order valence-corrected chi connectivity index (χ2v) is 6.60. The molecular weight excluding hydrogens is 288 g/mol. The molecular formula is C14H20N4O2S. The Morgan fingerprint density at radius 2 is 2.10 bits per heavy atom. The van der Waals surface area contributed by atoms with Gasteiger partial charge < -0.3 is 5.32 Å². The maximum atomic E-state index is 11.9. The first kappa shape index (κ1) is 15.5. The molecule has 6 nitrogen and oxygen atoms in total. The van der Waals surface area contributed by atoms with Gasteiger partial charge in [0.1, 0.15) is 0 Å². The van der Waals surface area contributed by atoms with E-state index in [0.717, 1.165) is 17.8 Å². The Kier molecular flexibility index (Phi) is 4.64. The molecule has 2 rings (SSSR count). The van der Waals surface area contributed by atoms with Crippen LogP contribution in [0.3, 0.4) is 0 Å². The van der Waals surface area contributed by atoms with Crippen molar-refractivity contribution in [2.24, 2.45) is 0 Å². The predicted octanol–water partition coefficient (Wildman–Crippen LogP) is 1.73. The van der Waals surface area contributed by atoms with Crippen LogP contribution in [0, 0.1) is 6.92 Å². The third-order valence-corrected chi connectivity index (χ3v) is 4.81. The van der Waals surface area contributed by atoms with Crippen molar-refractivity contribution in [3.05, 3.63) is 41.7 Å². The van der Waals surface area contributed by atoms with E-state index in [4.69, 9.17) is 0 Å². The Morgan fingerprint density at radius 3 is 2.71 bits per heavy atom. The van der Waals surface area contributed by atoms with E-state index in [1.807, 2.05) is 23.9 Å². The number of benzene rings is 1. The summed E-state index contributed by atoms with van der Waals surface area (Å²) in [6, 6.07) is 5.31. The van der Waals surface area contributed by atoms with Gasteiger partial charge in [0.25, 0.3) is 0 Å². The molecule has 0 aliphatic heterocycles. The third-order valence-electron chi connectivity index (χ3n) is 3.25. The first-order chi connectivity index (χ1) is 9.96. The molecule has 0 spiro atoms. The fourth-order valence-electron chi connectivity index (χ4n) is 1.98. The minimum absolute atomic E-state index is 0.291. The Hall–Kier alpha value is -1.86. The standard InChI is InChI=1S/C14H20N4O2S/c1-4-18-10-12(9-17-18)8-16-13-6-5-11(2)14(7-13)21(19,20)15-3/h5-7,9-10,15-16H,4,8H2,1-3H3. The van der Waals surface area contributed by atoms with Crippen LogP contribution in [-0.2, 0) is 23.1 Å². The molecule has 7 heteroatoms. The largest absolute Gasteiger partial charge is 0.381 e. The summed E-state index contributed by atoms with van der Waals surface area (Å²) in [7, 11) is -2.03. The van der Waals surface area contributed by atoms with Crippen LogP contribution in [0.15, 0.2) is 35.5 Å². The van der Waals surface area contributed by atoms with Crippen LogP contribution >= 0.6 is 0 Å². The molecule has 0 aliphatic rings. The van der Waals surface area contributed by atoms with Crippen molar-refractivity contribution in [3.63, 3.8) is 0 Å². The number of rotatable bonds is 6. The summed E-state index contributed by atoms with van der Waals surface area (Å²) >= 11 is 0. The zero-order chi connectivity index (χ0) is 15.5. The molecule has 2 N–H and O–H groups in total. The summed E-state index contributed by atoms with van der Waals surface area (Å²) in [5, 5.41) is 7.42. The Morgan fingerprint density at radius 1 is 1.33 bits per heavy atom. The first-order valence-corrected chi connectivity index (χ1v) is 8.24. The van der Waals surface area contributed by atoms with Crippen LogP contribution in [-0.4, -0.2) is 25.2 Å². The van der Waals surface area contributed by atoms with Crippen LogP contribution < -0.4 is 10.0 Å². The lowest BCUT2D eigenvalue weighted by Crippen LogP contribution is -2.19. The maximum absolute atomic E-state index is 11.9. The summed E-state index contributed by atoms with van der Waals surface area (Å²) in [4.78, 5) is 0.291. The zero-order valence-corrected chi connectivity index (χ0v) is 13.2. The molecule has 0 aliphatic carbocycles. The van der Waals surface area contributed by atoms with Gasteiger partial charge in [-0.05, 0) is 38.6 Å². The van der Waals surface area contributed by atoms with E-state index >= 15 is 0 Å². The highest BCUT2D eigenvalue weighted by Crippen LogP contribution is 2.20. The normalized spacial score (nSPS) is 11.6. The van der Waals surface area contributed by atoms with Gasteiger partial charge in [-0.3, -0.25) is 4.68 Å². The molecule has 1 aromatic carbocycles. The van der Waals surface area contributed by atoms with E-state index in [1.54, 1.807) is 25.3 Å². The van der Waals surface area contributed by atoms with Crippen LogP contribution in [0.1, 0.15) is 18.1 Å². The summed E-state index contributed by atoms with van der Waals surface area (Å²) in [6.07, 6.45) is 3.77. The van der Waals surface area contributed by atoms with Gasteiger partial charge in [0.2, 0.25) is 10.0 Å². The highest BCUT2D eigenvalue weighted by atomic mass is 32.2. The van der Waals surface area contributed by atoms with Gasteiger partial charge in [0, 0.05) is 30.5 Å². The fourth-order valence-corrected chi connectivity index (χ4v) is 2.98. The Labute approximate surface area is 125 Å². The van der Waals surface area contributed by atoms with Gasteiger partial charge in [-0.25, -0.2) is 13.1 Å². The summed E-state index contributed by atoms with van der Waals surface area (Å²) < 4.78 is 28.1.